The van der Waals surface area contributed by atoms with Crippen molar-refractivity contribution < 1.29 is 9.47 Å². The highest BCUT2D eigenvalue weighted by Crippen LogP contribution is 2.21. The molecule has 0 fully saturated rings. The van der Waals surface area contributed by atoms with Crippen molar-refractivity contribution in [3.63, 3.8) is 0 Å². The van der Waals surface area contributed by atoms with Crippen LogP contribution in [0.5, 0.6) is 0 Å². The zero-order chi connectivity index (χ0) is 10.5. The van der Waals surface area contributed by atoms with Gasteiger partial charge in [-0.15, -0.1) is 0 Å². The van der Waals surface area contributed by atoms with Crippen LogP contribution in [0.1, 0.15) is 17.2 Å². The van der Waals surface area contributed by atoms with E-state index in [0.29, 0.717) is 6.61 Å². The number of alkyl halides is 1. The molecule has 0 aliphatic carbocycles. The summed E-state index contributed by atoms with van der Waals surface area (Å²) < 4.78 is 10.7. The maximum absolute atomic E-state index is 5.45. The topological polar surface area (TPSA) is 18.5 Å². The molecule has 80 valence electrons. The molecule has 3 heteroatoms. The maximum Gasteiger partial charge on any atom is 0.157 e. The van der Waals surface area contributed by atoms with E-state index in [4.69, 9.17) is 9.47 Å². The van der Waals surface area contributed by atoms with Crippen LogP contribution in [0.25, 0.3) is 0 Å². The van der Waals surface area contributed by atoms with Crippen LogP contribution < -0.4 is 0 Å². The Hall–Kier alpha value is -0.960. The van der Waals surface area contributed by atoms with Crippen molar-refractivity contribution >= 4 is 15.9 Å². The smallest absolute Gasteiger partial charge is 0.157 e. The molecular weight excluding hydrogens is 256 g/mol. The lowest BCUT2D eigenvalue weighted by atomic mass is 10.1. The van der Waals surface area contributed by atoms with Gasteiger partial charge in [-0.25, -0.2) is 0 Å². The lowest BCUT2D eigenvalue weighted by Crippen LogP contribution is -2.11. The molecule has 15 heavy (non-hydrogen) atoms. The predicted octanol–water partition coefficient (Wildman–Crippen LogP) is 3.18. The third-order valence-electron chi connectivity index (χ3n) is 2.38. The number of ether oxygens (including phenoxy) is 2. The van der Waals surface area contributed by atoms with Gasteiger partial charge in [0, 0.05) is 5.33 Å². The molecule has 0 amide bonds. The molecule has 0 aromatic heterocycles. The summed E-state index contributed by atoms with van der Waals surface area (Å²) >= 11 is 3.43. The number of halogens is 1. The van der Waals surface area contributed by atoms with Gasteiger partial charge in [0.05, 0.1) is 0 Å². The molecule has 0 saturated carbocycles. The number of hydrogen-bond donors (Lipinski definition) is 0. The molecule has 1 atom stereocenters. The molecule has 0 bridgehead atoms. The van der Waals surface area contributed by atoms with Gasteiger partial charge in [-0.1, -0.05) is 40.2 Å². The molecule has 1 aliphatic heterocycles. The van der Waals surface area contributed by atoms with Crippen LogP contribution in [0.2, 0.25) is 0 Å². The van der Waals surface area contributed by atoms with Gasteiger partial charge in [-0.2, -0.15) is 0 Å². The summed E-state index contributed by atoms with van der Waals surface area (Å²) in [5.74, 6) is 0. The molecule has 1 unspecified atom stereocenters. The number of rotatable bonds is 3. The van der Waals surface area contributed by atoms with Crippen molar-refractivity contribution in [3.8, 4) is 0 Å². The van der Waals surface area contributed by atoms with Crippen molar-refractivity contribution in [2.45, 2.75) is 12.5 Å². The Morgan fingerprint density at radius 1 is 1.20 bits per heavy atom. The molecular formula is C12H13BrO2. The summed E-state index contributed by atoms with van der Waals surface area (Å²) in [5, 5.41) is 0.998. The lowest BCUT2D eigenvalue weighted by molar-refractivity contribution is 0.0326. The van der Waals surface area contributed by atoms with Crippen molar-refractivity contribution in [1.29, 1.82) is 0 Å². The Kier molecular flexibility index (Phi) is 3.67. The molecule has 0 N–H and O–H groups in total. The third kappa shape index (κ3) is 2.75. The SMILES string of the molecule is BrCCc1ccc(C2COC=CO2)cc1. The molecule has 1 heterocycles. The second kappa shape index (κ2) is 5.21. The van der Waals surface area contributed by atoms with E-state index < -0.39 is 0 Å². The average molecular weight is 269 g/mol. The van der Waals surface area contributed by atoms with Crippen LogP contribution in [0.4, 0.5) is 0 Å². The van der Waals surface area contributed by atoms with E-state index in [2.05, 4.69) is 40.2 Å². The second-order valence-corrected chi connectivity index (χ2v) is 4.20. The minimum Gasteiger partial charge on any atom is -0.494 e. The zero-order valence-corrected chi connectivity index (χ0v) is 9.94. The lowest BCUT2D eigenvalue weighted by Gasteiger charge is -2.20. The van der Waals surface area contributed by atoms with E-state index in [1.54, 1.807) is 12.5 Å². The highest BCUT2D eigenvalue weighted by Gasteiger charge is 2.13. The van der Waals surface area contributed by atoms with Gasteiger partial charge in [0.25, 0.3) is 0 Å². The predicted molar refractivity (Wildman–Crippen MR) is 62.9 cm³/mol. The molecule has 1 aromatic rings. The standard InChI is InChI=1S/C12H13BrO2/c13-6-5-10-1-3-11(4-2-10)12-9-14-7-8-15-12/h1-4,7-8,12H,5-6,9H2. The van der Waals surface area contributed by atoms with Gasteiger partial charge >= 0.3 is 0 Å². The Bertz CT molecular complexity index is 332. The first-order chi connectivity index (χ1) is 7.40. The Morgan fingerprint density at radius 2 is 2.00 bits per heavy atom. The van der Waals surface area contributed by atoms with Crippen LogP contribution in [0, 0.1) is 0 Å². The summed E-state index contributed by atoms with van der Waals surface area (Å²) in [6, 6.07) is 8.48. The fraction of sp³-hybridized carbons (Fsp3) is 0.333. The molecule has 0 spiro atoms. The summed E-state index contributed by atoms with van der Waals surface area (Å²) in [7, 11) is 0. The quantitative estimate of drug-likeness (QED) is 0.784. The first-order valence-electron chi connectivity index (χ1n) is 4.97. The molecule has 0 saturated heterocycles. The van der Waals surface area contributed by atoms with Crippen LogP contribution >= 0.6 is 15.9 Å². The van der Waals surface area contributed by atoms with Crippen LogP contribution in [0.15, 0.2) is 36.8 Å². The first-order valence-corrected chi connectivity index (χ1v) is 6.09. The minimum atomic E-state index is 0.0352. The van der Waals surface area contributed by atoms with Crippen molar-refractivity contribution in [2.24, 2.45) is 0 Å². The average Bonchev–Trinajstić information content (AvgIpc) is 2.32. The first kappa shape index (κ1) is 10.6. The van der Waals surface area contributed by atoms with Crippen molar-refractivity contribution in [2.75, 3.05) is 11.9 Å². The molecule has 0 radical (unpaired) electrons. The number of aryl methyl sites for hydroxylation is 1. The van der Waals surface area contributed by atoms with Crippen molar-refractivity contribution in [3.05, 3.63) is 47.9 Å². The van der Waals surface area contributed by atoms with E-state index in [1.807, 2.05) is 0 Å². The summed E-state index contributed by atoms with van der Waals surface area (Å²) in [6.45, 7) is 0.592. The van der Waals surface area contributed by atoms with E-state index in [0.717, 1.165) is 17.3 Å². The Morgan fingerprint density at radius 3 is 2.60 bits per heavy atom. The van der Waals surface area contributed by atoms with E-state index in [9.17, 15) is 0 Å². The highest BCUT2D eigenvalue weighted by molar-refractivity contribution is 9.09. The highest BCUT2D eigenvalue weighted by atomic mass is 79.9. The molecule has 2 rings (SSSR count). The summed E-state index contributed by atoms with van der Waals surface area (Å²) in [4.78, 5) is 0. The summed E-state index contributed by atoms with van der Waals surface area (Å²) in [5.41, 5.74) is 2.50. The largest absolute Gasteiger partial charge is 0.494 e. The second-order valence-electron chi connectivity index (χ2n) is 3.41. The van der Waals surface area contributed by atoms with Crippen LogP contribution in [0.3, 0.4) is 0 Å². The number of hydrogen-bond acceptors (Lipinski definition) is 2. The van der Waals surface area contributed by atoms with E-state index in [1.165, 1.54) is 5.56 Å². The van der Waals surface area contributed by atoms with E-state index in [-0.39, 0.29) is 6.10 Å². The van der Waals surface area contributed by atoms with Gasteiger partial charge in [0.15, 0.2) is 6.10 Å². The zero-order valence-electron chi connectivity index (χ0n) is 8.36. The van der Waals surface area contributed by atoms with Crippen LogP contribution in [-0.2, 0) is 15.9 Å². The number of benzene rings is 1. The Balaban J connectivity index is 2.05. The molecule has 2 nitrogen and oxygen atoms in total. The van der Waals surface area contributed by atoms with Crippen LogP contribution in [-0.4, -0.2) is 11.9 Å². The fourth-order valence-corrected chi connectivity index (χ4v) is 1.99. The minimum absolute atomic E-state index is 0.0352. The maximum atomic E-state index is 5.45. The van der Waals surface area contributed by atoms with Gasteiger partial charge in [-0.05, 0) is 17.5 Å². The molecule has 1 aromatic carbocycles. The normalized spacial score (nSPS) is 19.4. The van der Waals surface area contributed by atoms with E-state index >= 15 is 0 Å². The van der Waals surface area contributed by atoms with Gasteiger partial charge in [-0.3, -0.25) is 0 Å². The van der Waals surface area contributed by atoms with Gasteiger partial charge < -0.3 is 9.47 Å². The summed E-state index contributed by atoms with van der Waals surface area (Å²) in [6.07, 6.45) is 4.27. The van der Waals surface area contributed by atoms with Gasteiger partial charge in [0.1, 0.15) is 19.1 Å². The fourth-order valence-electron chi connectivity index (χ4n) is 1.53. The third-order valence-corrected chi connectivity index (χ3v) is 2.77. The monoisotopic (exact) mass is 268 g/mol. The van der Waals surface area contributed by atoms with Gasteiger partial charge in [0.2, 0.25) is 0 Å². The Labute approximate surface area is 98.0 Å². The molecule has 1 aliphatic rings. The van der Waals surface area contributed by atoms with Crippen molar-refractivity contribution in [1.82, 2.24) is 0 Å².